The van der Waals surface area contributed by atoms with E-state index < -0.39 is 15.9 Å². The highest BCUT2D eigenvalue weighted by molar-refractivity contribution is 7.89. The van der Waals surface area contributed by atoms with Gasteiger partial charge in [-0.15, -0.1) is 0 Å². The van der Waals surface area contributed by atoms with Crippen molar-refractivity contribution in [1.29, 1.82) is 0 Å². The smallest absolute Gasteiger partial charge is 0.264 e. The second-order valence-electron chi connectivity index (χ2n) is 4.34. The van der Waals surface area contributed by atoms with Gasteiger partial charge in [-0.2, -0.15) is 0 Å². The second-order valence-corrected chi connectivity index (χ2v) is 6.09. The molecule has 0 radical (unpaired) electrons. The van der Waals surface area contributed by atoms with Gasteiger partial charge in [-0.3, -0.25) is 4.79 Å². The monoisotopic (exact) mass is 266 g/mol. The molecule has 1 aromatic carbocycles. The van der Waals surface area contributed by atoms with Crippen LogP contribution in [-0.4, -0.2) is 25.6 Å². The summed E-state index contributed by atoms with van der Waals surface area (Å²) in [7, 11) is -3.54. The molecule has 6 heteroatoms. The van der Waals surface area contributed by atoms with Gasteiger partial charge in [-0.25, -0.2) is 13.1 Å². The Kier molecular flexibility index (Phi) is 2.90. The number of aromatic amines is 1. The average Bonchev–Trinajstić information content (AvgIpc) is 2.52. The van der Waals surface area contributed by atoms with Crippen LogP contribution in [-0.2, 0) is 10.0 Å². The number of carbonyl (C=O) groups is 1. The maximum absolute atomic E-state index is 11.7. The molecule has 1 amide bonds. The fourth-order valence-electron chi connectivity index (χ4n) is 1.83. The van der Waals surface area contributed by atoms with E-state index in [4.69, 9.17) is 0 Å². The van der Waals surface area contributed by atoms with E-state index in [9.17, 15) is 13.2 Å². The molecular formula is C12H14N2O3S. The van der Waals surface area contributed by atoms with Crippen molar-refractivity contribution in [1.82, 2.24) is 9.71 Å². The number of rotatable bonds is 2. The lowest BCUT2D eigenvalue weighted by Crippen LogP contribution is -2.29. The van der Waals surface area contributed by atoms with Crippen LogP contribution >= 0.6 is 0 Å². The molecule has 1 heterocycles. The third-order valence-corrected chi connectivity index (χ3v) is 3.40. The van der Waals surface area contributed by atoms with Crippen LogP contribution in [0.5, 0.6) is 0 Å². The maximum Gasteiger partial charge on any atom is 0.264 e. The van der Waals surface area contributed by atoms with E-state index in [1.54, 1.807) is 18.2 Å². The Hall–Kier alpha value is -1.82. The number of sulfonamides is 1. The largest absolute Gasteiger partial charge is 0.358 e. The summed E-state index contributed by atoms with van der Waals surface area (Å²) >= 11 is 0. The number of benzene rings is 1. The Morgan fingerprint density at radius 2 is 1.94 bits per heavy atom. The predicted octanol–water partition coefficient (Wildman–Crippen LogP) is 1.47. The third kappa shape index (κ3) is 2.38. The Bertz CT molecular complexity index is 729. The van der Waals surface area contributed by atoms with E-state index in [0.29, 0.717) is 5.56 Å². The highest BCUT2D eigenvalue weighted by atomic mass is 32.2. The Morgan fingerprint density at radius 3 is 2.56 bits per heavy atom. The van der Waals surface area contributed by atoms with E-state index in [-0.39, 0.29) is 0 Å². The van der Waals surface area contributed by atoms with Crippen molar-refractivity contribution in [3.63, 3.8) is 0 Å². The van der Waals surface area contributed by atoms with Crippen LogP contribution < -0.4 is 4.72 Å². The van der Waals surface area contributed by atoms with Crippen molar-refractivity contribution in [2.75, 3.05) is 6.26 Å². The van der Waals surface area contributed by atoms with Crippen LogP contribution in [0.4, 0.5) is 0 Å². The predicted molar refractivity (Wildman–Crippen MR) is 70.1 cm³/mol. The fraction of sp³-hybridized carbons (Fsp3) is 0.250. The Morgan fingerprint density at radius 1 is 1.28 bits per heavy atom. The molecule has 96 valence electrons. The number of aromatic nitrogens is 1. The van der Waals surface area contributed by atoms with Gasteiger partial charge in [0.15, 0.2) is 0 Å². The summed E-state index contributed by atoms with van der Waals surface area (Å²) in [6, 6.07) is 5.05. The minimum Gasteiger partial charge on any atom is -0.358 e. The number of carbonyl (C=O) groups excluding carboxylic acids is 1. The molecule has 5 nitrogen and oxygen atoms in total. The van der Waals surface area contributed by atoms with Crippen LogP contribution in [0.15, 0.2) is 18.2 Å². The normalized spacial score (nSPS) is 11.7. The van der Waals surface area contributed by atoms with Crippen molar-refractivity contribution in [2.45, 2.75) is 13.8 Å². The summed E-state index contributed by atoms with van der Waals surface area (Å²) < 4.78 is 24.0. The summed E-state index contributed by atoms with van der Waals surface area (Å²) in [4.78, 5) is 14.9. The second kappa shape index (κ2) is 4.13. The first-order chi connectivity index (χ1) is 8.28. The van der Waals surface area contributed by atoms with Crippen LogP contribution in [0, 0.1) is 13.8 Å². The zero-order valence-corrected chi connectivity index (χ0v) is 11.2. The van der Waals surface area contributed by atoms with Gasteiger partial charge in [0.25, 0.3) is 5.91 Å². The summed E-state index contributed by atoms with van der Waals surface area (Å²) in [5.41, 5.74) is 3.35. The molecule has 0 aliphatic heterocycles. The molecular weight excluding hydrogens is 252 g/mol. The van der Waals surface area contributed by atoms with Crippen molar-refractivity contribution in [3.8, 4) is 0 Å². The van der Waals surface area contributed by atoms with Crippen molar-refractivity contribution in [2.24, 2.45) is 0 Å². The molecule has 0 spiro atoms. The van der Waals surface area contributed by atoms with Gasteiger partial charge < -0.3 is 4.98 Å². The molecule has 18 heavy (non-hydrogen) atoms. The average molecular weight is 266 g/mol. The quantitative estimate of drug-likeness (QED) is 0.864. The number of H-pyrrole nitrogens is 1. The molecule has 2 N–H and O–H groups in total. The van der Waals surface area contributed by atoms with Crippen LogP contribution in [0.1, 0.15) is 21.6 Å². The van der Waals surface area contributed by atoms with E-state index in [2.05, 4.69) is 4.98 Å². The SMILES string of the molecule is Cc1[nH]c2ccc(C(=O)NS(C)(=O)=O)cc2c1C. The molecule has 0 saturated heterocycles. The van der Waals surface area contributed by atoms with E-state index in [0.717, 1.165) is 28.4 Å². The van der Waals surface area contributed by atoms with Crippen molar-refractivity contribution < 1.29 is 13.2 Å². The molecule has 0 atom stereocenters. The van der Waals surface area contributed by atoms with Gasteiger partial charge in [-0.05, 0) is 37.6 Å². The molecule has 2 aromatic rings. The standard InChI is InChI=1S/C12H14N2O3S/c1-7-8(2)13-11-5-4-9(6-10(7)11)12(15)14-18(3,16)17/h4-6,13H,1-3H3,(H,14,15). The topological polar surface area (TPSA) is 79.0 Å². The molecule has 0 fully saturated rings. The molecule has 0 unspecified atom stereocenters. The van der Waals surface area contributed by atoms with Gasteiger partial charge in [0, 0.05) is 22.2 Å². The zero-order valence-electron chi connectivity index (χ0n) is 10.4. The van der Waals surface area contributed by atoms with Gasteiger partial charge >= 0.3 is 0 Å². The zero-order chi connectivity index (χ0) is 13.5. The Balaban J connectivity index is 2.47. The molecule has 0 bridgehead atoms. The van der Waals surface area contributed by atoms with Crippen LogP contribution in [0.25, 0.3) is 10.9 Å². The molecule has 1 aromatic heterocycles. The number of amides is 1. The van der Waals surface area contributed by atoms with E-state index in [1.807, 2.05) is 18.6 Å². The highest BCUT2D eigenvalue weighted by Gasteiger charge is 2.13. The number of hydrogen-bond donors (Lipinski definition) is 2. The van der Waals surface area contributed by atoms with Gasteiger partial charge in [0.2, 0.25) is 10.0 Å². The molecule has 0 saturated carbocycles. The number of hydrogen-bond acceptors (Lipinski definition) is 3. The van der Waals surface area contributed by atoms with Crippen molar-refractivity contribution in [3.05, 3.63) is 35.0 Å². The van der Waals surface area contributed by atoms with Gasteiger partial charge in [-0.1, -0.05) is 0 Å². The highest BCUT2D eigenvalue weighted by Crippen LogP contribution is 2.22. The van der Waals surface area contributed by atoms with Crippen LogP contribution in [0.2, 0.25) is 0 Å². The van der Waals surface area contributed by atoms with E-state index >= 15 is 0 Å². The van der Waals surface area contributed by atoms with Crippen molar-refractivity contribution >= 4 is 26.8 Å². The summed E-state index contributed by atoms with van der Waals surface area (Å²) in [6.07, 6.45) is 0.953. The summed E-state index contributed by atoms with van der Waals surface area (Å²) in [5.74, 6) is -0.613. The van der Waals surface area contributed by atoms with Crippen LogP contribution in [0.3, 0.4) is 0 Å². The maximum atomic E-state index is 11.7. The number of nitrogens with one attached hydrogen (secondary N) is 2. The fourth-order valence-corrected chi connectivity index (χ4v) is 2.28. The van der Waals surface area contributed by atoms with Gasteiger partial charge in [0.1, 0.15) is 0 Å². The summed E-state index contributed by atoms with van der Waals surface area (Å²) in [6.45, 7) is 3.90. The lowest BCUT2D eigenvalue weighted by Gasteiger charge is -2.03. The Labute approximate surface area is 105 Å². The minimum atomic E-state index is -3.54. The number of aryl methyl sites for hydroxylation is 2. The third-order valence-electron chi connectivity index (χ3n) is 2.85. The molecule has 2 rings (SSSR count). The van der Waals surface area contributed by atoms with Gasteiger partial charge in [0.05, 0.1) is 6.26 Å². The first-order valence-electron chi connectivity index (χ1n) is 5.39. The lowest BCUT2D eigenvalue weighted by atomic mass is 10.1. The first kappa shape index (κ1) is 12.6. The first-order valence-corrected chi connectivity index (χ1v) is 7.28. The lowest BCUT2D eigenvalue weighted by molar-refractivity contribution is 0.0982. The molecule has 0 aliphatic rings. The number of fused-ring (bicyclic) bond motifs is 1. The minimum absolute atomic E-state index is 0.329. The molecule has 0 aliphatic carbocycles. The summed E-state index contributed by atoms with van der Waals surface area (Å²) in [5, 5.41) is 0.925. The van der Waals surface area contributed by atoms with E-state index in [1.165, 1.54) is 0 Å².